The molecule has 0 aliphatic carbocycles. The number of aliphatic hydroxyl groups is 1. The molecule has 0 aromatic rings. The van der Waals surface area contributed by atoms with E-state index in [9.17, 15) is 9.90 Å². The molecular formula is C13H21NO3. The van der Waals surface area contributed by atoms with Crippen LogP contribution in [-0.4, -0.2) is 47.8 Å². The summed E-state index contributed by atoms with van der Waals surface area (Å²) in [6.07, 6.45) is 3.38. The summed E-state index contributed by atoms with van der Waals surface area (Å²) in [6.45, 7) is 6.02. The molecule has 0 aromatic carbocycles. The molecule has 1 N–H and O–H groups in total. The van der Waals surface area contributed by atoms with E-state index < -0.39 is 0 Å². The first-order valence-electron chi connectivity index (χ1n) is 6.35. The van der Waals surface area contributed by atoms with Crippen molar-refractivity contribution >= 4 is 5.97 Å². The van der Waals surface area contributed by atoms with E-state index in [1.54, 1.807) is 13.0 Å². The van der Waals surface area contributed by atoms with Gasteiger partial charge in [0.15, 0.2) is 0 Å². The van der Waals surface area contributed by atoms with Crippen molar-refractivity contribution in [2.24, 2.45) is 5.92 Å². The first kappa shape index (κ1) is 12.6. The smallest absolute Gasteiger partial charge is 0.333 e. The maximum atomic E-state index is 11.5. The van der Waals surface area contributed by atoms with Crippen molar-refractivity contribution in [2.75, 3.05) is 19.7 Å². The van der Waals surface area contributed by atoms with E-state index in [2.05, 4.69) is 4.90 Å². The highest BCUT2D eigenvalue weighted by molar-refractivity contribution is 5.87. The highest BCUT2D eigenvalue weighted by atomic mass is 16.5. The predicted octanol–water partition coefficient (Wildman–Crippen LogP) is 0.951. The monoisotopic (exact) mass is 239 g/mol. The normalized spacial score (nSPS) is 33.8. The number of esters is 1. The lowest BCUT2D eigenvalue weighted by molar-refractivity contribution is -0.140. The molecule has 2 aliphatic heterocycles. The van der Waals surface area contributed by atoms with Crippen LogP contribution in [0.3, 0.4) is 0 Å². The van der Waals surface area contributed by atoms with Crippen LogP contribution in [0.1, 0.15) is 26.7 Å². The highest BCUT2D eigenvalue weighted by Gasteiger charge is 2.43. The maximum absolute atomic E-state index is 11.5. The average molecular weight is 239 g/mol. The molecule has 2 heterocycles. The highest BCUT2D eigenvalue weighted by Crippen LogP contribution is 2.33. The quantitative estimate of drug-likeness (QED) is 0.588. The lowest BCUT2D eigenvalue weighted by Gasteiger charge is -2.22. The van der Waals surface area contributed by atoms with E-state index in [0.717, 1.165) is 25.9 Å². The fourth-order valence-electron chi connectivity index (χ4n) is 2.83. The number of carbonyl (C=O) groups excluding carboxylic acids is 1. The Morgan fingerprint density at radius 3 is 2.88 bits per heavy atom. The van der Waals surface area contributed by atoms with Crippen LogP contribution in [0.2, 0.25) is 0 Å². The first-order valence-corrected chi connectivity index (χ1v) is 6.35. The summed E-state index contributed by atoms with van der Waals surface area (Å²) in [5.74, 6) is 0.0551. The van der Waals surface area contributed by atoms with Gasteiger partial charge in [-0.1, -0.05) is 6.08 Å². The van der Waals surface area contributed by atoms with Crippen molar-refractivity contribution < 1.29 is 14.6 Å². The van der Waals surface area contributed by atoms with E-state index in [-0.39, 0.29) is 18.1 Å². The lowest BCUT2D eigenvalue weighted by Crippen LogP contribution is -2.36. The van der Waals surface area contributed by atoms with Crippen molar-refractivity contribution in [3.63, 3.8) is 0 Å². The Morgan fingerprint density at radius 1 is 1.47 bits per heavy atom. The van der Waals surface area contributed by atoms with E-state index in [1.165, 1.54) is 0 Å². The van der Waals surface area contributed by atoms with Crippen molar-refractivity contribution in [1.29, 1.82) is 0 Å². The summed E-state index contributed by atoms with van der Waals surface area (Å²) in [7, 11) is 0. The first-order chi connectivity index (χ1) is 8.13. The second-order valence-corrected chi connectivity index (χ2v) is 5.00. The van der Waals surface area contributed by atoms with Crippen molar-refractivity contribution in [3.05, 3.63) is 11.6 Å². The molecule has 0 aromatic heterocycles. The molecule has 2 fully saturated rings. The zero-order valence-corrected chi connectivity index (χ0v) is 10.6. The van der Waals surface area contributed by atoms with Crippen molar-refractivity contribution in [3.8, 4) is 0 Å². The Morgan fingerprint density at radius 2 is 2.18 bits per heavy atom. The number of rotatable bonds is 3. The van der Waals surface area contributed by atoms with Crippen LogP contribution in [0.25, 0.3) is 0 Å². The summed E-state index contributed by atoms with van der Waals surface area (Å²) in [6, 6.07) is 0.203. The third kappa shape index (κ3) is 2.53. The van der Waals surface area contributed by atoms with Gasteiger partial charge >= 0.3 is 5.97 Å². The van der Waals surface area contributed by atoms with Crippen LogP contribution in [0.4, 0.5) is 0 Å². The summed E-state index contributed by atoms with van der Waals surface area (Å²) >= 11 is 0. The van der Waals surface area contributed by atoms with Crippen LogP contribution in [0.15, 0.2) is 11.6 Å². The number of fused-ring (bicyclic) bond motifs is 1. The fourth-order valence-corrected chi connectivity index (χ4v) is 2.83. The summed E-state index contributed by atoms with van der Waals surface area (Å²) < 4.78 is 5.29. The summed E-state index contributed by atoms with van der Waals surface area (Å²) in [4.78, 5) is 13.8. The van der Waals surface area contributed by atoms with Gasteiger partial charge in [-0.05, 0) is 33.2 Å². The molecule has 0 spiro atoms. The van der Waals surface area contributed by atoms with E-state index in [1.807, 2.05) is 6.92 Å². The second-order valence-electron chi connectivity index (χ2n) is 5.00. The van der Waals surface area contributed by atoms with E-state index in [4.69, 9.17) is 4.74 Å². The van der Waals surface area contributed by atoms with Gasteiger partial charge in [-0.2, -0.15) is 0 Å². The van der Waals surface area contributed by atoms with E-state index >= 15 is 0 Å². The van der Waals surface area contributed by atoms with Gasteiger partial charge in [0.1, 0.15) is 0 Å². The topological polar surface area (TPSA) is 49.8 Å². The largest absolute Gasteiger partial charge is 0.462 e. The predicted molar refractivity (Wildman–Crippen MR) is 64.5 cm³/mol. The van der Waals surface area contributed by atoms with Crippen LogP contribution in [0, 0.1) is 5.92 Å². The fraction of sp³-hybridized carbons (Fsp3) is 0.769. The van der Waals surface area contributed by atoms with E-state index in [0.29, 0.717) is 18.1 Å². The number of hydrogen-bond acceptors (Lipinski definition) is 4. The Balaban J connectivity index is 1.86. The number of nitrogens with zero attached hydrogens (tertiary/aromatic N) is 1. The zero-order chi connectivity index (χ0) is 12.4. The van der Waals surface area contributed by atoms with Crippen LogP contribution >= 0.6 is 0 Å². The van der Waals surface area contributed by atoms with Gasteiger partial charge in [0.2, 0.25) is 0 Å². The molecule has 2 saturated heterocycles. The van der Waals surface area contributed by atoms with Gasteiger partial charge in [0.05, 0.1) is 12.7 Å². The zero-order valence-electron chi connectivity index (χ0n) is 10.6. The average Bonchev–Trinajstić information content (AvgIpc) is 2.89. The Bertz CT molecular complexity index is 327. The third-order valence-corrected chi connectivity index (χ3v) is 3.98. The van der Waals surface area contributed by atoms with Gasteiger partial charge in [-0.3, -0.25) is 4.90 Å². The maximum Gasteiger partial charge on any atom is 0.333 e. The second kappa shape index (κ2) is 5.19. The standard InChI is InChI=1S/C13H21NO3/c1-3-9(2)13(16)17-8-10-4-6-14-7-5-11(15)12(10)14/h3,10-12,15H,4-8H2,1-2H3/b9-3+/t10-,11+,12?/m1/s1. The molecule has 96 valence electrons. The van der Waals surface area contributed by atoms with Gasteiger partial charge < -0.3 is 9.84 Å². The van der Waals surface area contributed by atoms with Gasteiger partial charge in [-0.25, -0.2) is 4.79 Å². The minimum Gasteiger partial charge on any atom is -0.462 e. The molecular weight excluding hydrogens is 218 g/mol. The third-order valence-electron chi connectivity index (χ3n) is 3.98. The molecule has 4 nitrogen and oxygen atoms in total. The van der Waals surface area contributed by atoms with Gasteiger partial charge in [0.25, 0.3) is 0 Å². The Kier molecular flexibility index (Phi) is 3.84. The van der Waals surface area contributed by atoms with Crippen molar-refractivity contribution in [1.82, 2.24) is 4.90 Å². The number of allylic oxidation sites excluding steroid dienone is 1. The van der Waals surface area contributed by atoms with Crippen LogP contribution in [-0.2, 0) is 9.53 Å². The van der Waals surface area contributed by atoms with Crippen molar-refractivity contribution in [2.45, 2.75) is 38.8 Å². The number of ether oxygens (including phenoxy) is 1. The van der Waals surface area contributed by atoms with Gasteiger partial charge in [0, 0.05) is 24.1 Å². The molecule has 4 heteroatoms. The molecule has 2 aliphatic rings. The number of hydrogen-bond donors (Lipinski definition) is 1. The lowest BCUT2D eigenvalue weighted by atomic mass is 9.97. The summed E-state index contributed by atoms with van der Waals surface area (Å²) in [5.41, 5.74) is 0.645. The molecule has 0 saturated carbocycles. The summed E-state index contributed by atoms with van der Waals surface area (Å²) in [5, 5.41) is 9.90. The number of carbonyl (C=O) groups is 1. The molecule has 0 bridgehead atoms. The molecule has 0 radical (unpaired) electrons. The molecule has 0 amide bonds. The molecule has 2 rings (SSSR count). The van der Waals surface area contributed by atoms with Gasteiger partial charge in [-0.15, -0.1) is 0 Å². The Labute approximate surface area is 102 Å². The minimum atomic E-state index is -0.246. The Hall–Kier alpha value is -0.870. The molecule has 1 unspecified atom stereocenters. The molecule has 17 heavy (non-hydrogen) atoms. The molecule has 3 atom stereocenters. The SMILES string of the molecule is C/C=C(\C)C(=O)OC[C@H]1CCN2CC[C@H](O)C12. The van der Waals surface area contributed by atoms with Crippen LogP contribution in [0.5, 0.6) is 0 Å². The minimum absolute atomic E-state index is 0.203. The number of aliphatic hydroxyl groups excluding tert-OH is 1. The van der Waals surface area contributed by atoms with Crippen LogP contribution < -0.4 is 0 Å².